The van der Waals surface area contributed by atoms with Crippen molar-refractivity contribution in [3.05, 3.63) is 54.1 Å². The van der Waals surface area contributed by atoms with Crippen molar-refractivity contribution in [1.29, 1.82) is 0 Å². The fourth-order valence-corrected chi connectivity index (χ4v) is 4.03. The molecule has 0 aliphatic heterocycles. The molecule has 0 saturated heterocycles. The van der Waals surface area contributed by atoms with E-state index in [-0.39, 0.29) is 0 Å². The van der Waals surface area contributed by atoms with Gasteiger partial charge in [-0.05, 0) is 66.6 Å². The van der Waals surface area contributed by atoms with E-state index in [1.165, 1.54) is 36.8 Å². The Balaban J connectivity index is 1.96. The van der Waals surface area contributed by atoms with E-state index in [9.17, 15) is 8.42 Å². The van der Waals surface area contributed by atoms with Gasteiger partial charge in [0.05, 0.1) is 4.90 Å². The van der Waals surface area contributed by atoms with Gasteiger partial charge in [0.2, 0.25) is 10.0 Å². The molecule has 0 saturated carbocycles. The Kier molecular flexibility index (Phi) is 4.97. The summed E-state index contributed by atoms with van der Waals surface area (Å²) >= 11 is 0. The van der Waals surface area contributed by atoms with Crippen molar-refractivity contribution in [2.45, 2.75) is 30.6 Å². The molecule has 0 radical (unpaired) electrons. The maximum Gasteiger partial charge on any atom is 0.242 e. The second-order valence-corrected chi connectivity index (χ2v) is 8.74. The van der Waals surface area contributed by atoms with Gasteiger partial charge in [0, 0.05) is 25.3 Å². The molecule has 1 aliphatic carbocycles. The van der Waals surface area contributed by atoms with E-state index in [1.807, 2.05) is 24.3 Å². The van der Waals surface area contributed by atoms with Crippen LogP contribution >= 0.6 is 0 Å². The van der Waals surface area contributed by atoms with Gasteiger partial charge in [-0.1, -0.05) is 24.3 Å². The highest BCUT2D eigenvalue weighted by atomic mass is 32.2. The predicted octanol–water partition coefficient (Wildman–Crippen LogP) is 4.14. The van der Waals surface area contributed by atoms with Crippen LogP contribution in [-0.4, -0.2) is 26.8 Å². The summed E-state index contributed by atoms with van der Waals surface area (Å²) in [5.74, 6) is 0. The lowest BCUT2D eigenvalue weighted by Gasteiger charge is -2.16. The molecule has 0 heterocycles. The minimum Gasteiger partial charge on any atom is -0.398 e. The highest BCUT2D eigenvalue weighted by Gasteiger charge is 2.17. The fourth-order valence-electron chi connectivity index (χ4n) is 3.13. The summed E-state index contributed by atoms with van der Waals surface area (Å²) in [7, 11) is -0.333. The molecule has 0 amide bonds. The van der Waals surface area contributed by atoms with Crippen molar-refractivity contribution in [3.8, 4) is 11.1 Å². The van der Waals surface area contributed by atoms with Gasteiger partial charge in [-0.3, -0.25) is 0 Å². The average molecular weight is 356 g/mol. The molecule has 2 N–H and O–H groups in total. The molecule has 3 rings (SSSR count). The minimum absolute atomic E-state index is 0.298. The van der Waals surface area contributed by atoms with E-state index >= 15 is 0 Å². The number of nitrogen functional groups attached to an aromatic ring is 1. The molecule has 2 aromatic carbocycles. The number of sulfonamides is 1. The highest BCUT2D eigenvalue weighted by molar-refractivity contribution is 7.89. The van der Waals surface area contributed by atoms with Crippen LogP contribution in [0, 0.1) is 0 Å². The predicted molar refractivity (Wildman–Crippen MR) is 104 cm³/mol. The standard InChI is InChI=1S/C20H24N2O2S/c1-22(2)25(23,24)18-11-8-15(9-12-18)17-10-13-20(21)19(14-17)16-6-4-3-5-7-16/h6,8-14H,3-5,7,21H2,1-2H3. The van der Waals surface area contributed by atoms with Crippen molar-refractivity contribution in [2.24, 2.45) is 0 Å². The normalized spacial score (nSPS) is 15.2. The number of rotatable bonds is 4. The lowest BCUT2D eigenvalue weighted by Crippen LogP contribution is -2.22. The summed E-state index contributed by atoms with van der Waals surface area (Å²) in [6.45, 7) is 0. The van der Waals surface area contributed by atoms with Crippen LogP contribution in [0.15, 0.2) is 53.4 Å². The summed E-state index contributed by atoms with van der Waals surface area (Å²) in [5, 5.41) is 0. The SMILES string of the molecule is CN(C)S(=O)(=O)c1ccc(-c2ccc(N)c(C3=CCCCC3)c2)cc1. The first-order valence-electron chi connectivity index (χ1n) is 8.51. The zero-order valence-electron chi connectivity index (χ0n) is 14.7. The molecule has 0 bridgehead atoms. The Hall–Kier alpha value is -2.11. The Morgan fingerprint density at radius 2 is 1.64 bits per heavy atom. The lowest BCUT2D eigenvalue weighted by atomic mass is 9.90. The van der Waals surface area contributed by atoms with Gasteiger partial charge in [-0.2, -0.15) is 0 Å². The molecule has 0 spiro atoms. The average Bonchev–Trinajstić information content (AvgIpc) is 2.63. The summed E-state index contributed by atoms with van der Waals surface area (Å²) in [4.78, 5) is 0.298. The first-order chi connectivity index (χ1) is 11.9. The number of nitrogens with zero attached hydrogens (tertiary/aromatic N) is 1. The largest absolute Gasteiger partial charge is 0.398 e. The molecule has 5 heteroatoms. The van der Waals surface area contributed by atoms with Crippen LogP contribution in [0.1, 0.15) is 31.2 Å². The molecule has 1 aliphatic rings. The number of allylic oxidation sites excluding steroid dienone is 2. The molecule has 25 heavy (non-hydrogen) atoms. The quantitative estimate of drug-likeness (QED) is 0.837. The lowest BCUT2D eigenvalue weighted by molar-refractivity contribution is 0.521. The first kappa shape index (κ1) is 17.7. The van der Waals surface area contributed by atoms with Gasteiger partial charge < -0.3 is 5.73 Å². The second kappa shape index (κ2) is 7.02. The molecule has 0 unspecified atom stereocenters. The summed E-state index contributed by atoms with van der Waals surface area (Å²) in [6, 6.07) is 13.0. The number of hydrogen-bond donors (Lipinski definition) is 1. The summed E-state index contributed by atoms with van der Waals surface area (Å²) in [6.07, 6.45) is 6.90. The van der Waals surface area contributed by atoms with E-state index in [0.717, 1.165) is 35.2 Å². The Labute approximate surface area is 150 Å². The molecular formula is C20H24N2O2S. The van der Waals surface area contributed by atoms with Gasteiger partial charge in [-0.15, -0.1) is 0 Å². The molecule has 4 nitrogen and oxygen atoms in total. The zero-order chi connectivity index (χ0) is 18.0. The van der Waals surface area contributed by atoms with E-state index in [4.69, 9.17) is 5.73 Å². The highest BCUT2D eigenvalue weighted by Crippen LogP contribution is 2.33. The van der Waals surface area contributed by atoms with Crippen molar-refractivity contribution in [1.82, 2.24) is 4.31 Å². The van der Waals surface area contributed by atoms with Crippen LogP contribution in [0.5, 0.6) is 0 Å². The molecule has 2 aromatic rings. The third-order valence-corrected chi connectivity index (χ3v) is 6.49. The summed E-state index contributed by atoms with van der Waals surface area (Å²) < 4.78 is 25.6. The van der Waals surface area contributed by atoms with E-state index < -0.39 is 10.0 Å². The van der Waals surface area contributed by atoms with E-state index in [0.29, 0.717) is 4.90 Å². The molecule has 0 fully saturated rings. The summed E-state index contributed by atoms with van der Waals surface area (Å²) in [5.41, 5.74) is 11.4. The van der Waals surface area contributed by atoms with Crippen molar-refractivity contribution in [2.75, 3.05) is 19.8 Å². The number of hydrogen-bond acceptors (Lipinski definition) is 3. The molecule has 132 valence electrons. The van der Waals surface area contributed by atoms with Crippen molar-refractivity contribution >= 4 is 21.3 Å². The monoisotopic (exact) mass is 356 g/mol. The van der Waals surface area contributed by atoms with Crippen LogP contribution in [0.3, 0.4) is 0 Å². The number of nitrogens with two attached hydrogens (primary N) is 1. The Morgan fingerprint density at radius 3 is 2.24 bits per heavy atom. The van der Waals surface area contributed by atoms with Crippen LogP contribution in [-0.2, 0) is 10.0 Å². The van der Waals surface area contributed by atoms with Crippen molar-refractivity contribution < 1.29 is 8.42 Å². The van der Waals surface area contributed by atoms with Gasteiger partial charge in [0.15, 0.2) is 0 Å². The van der Waals surface area contributed by atoms with Gasteiger partial charge >= 0.3 is 0 Å². The molecule has 0 atom stereocenters. The topological polar surface area (TPSA) is 63.4 Å². The fraction of sp³-hybridized carbons (Fsp3) is 0.300. The van der Waals surface area contributed by atoms with Crippen LogP contribution in [0.25, 0.3) is 16.7 Å². The second-order valence-electron chi connectivity index (χ2n) is 6.59. The van der Waals surface area contributed by atoms with Gasteiger partial charge in [-0.25, -0.2) is 12.7 Å². The van der Waals surface area contributed by atoms with E-state index in [1.54, 1.807) is 12.1 Å². The number of anilines is 1. The van der Waals surface area contributed by atoms with Crippen molar-refractivity contribution in [3.63, 3.8) is 0 Å². The number of benzene rings is 2. The van der Waals surface area contributed by atoms with Gasteiger partial charge in [0.25, 0.3) is 0 Å². The Bertz CT molecular complexity index is 898. The third-order valence-electron chi connectivity index (χ3n) is 4.66. The van der Waals surface area contributed by atoms with Crippen LogP contribution < -0.4 is 5.73 Å². The maximum absolute atomic E-state index is 12.2. The minimum atomic E-state index is -3.40. The molecule has 0 aromatic heterocycles. The smallest absolute Gasteiger partial charge is 0.242 e. The van der Waals surface area contributed by atoms with Crippen LogP contribution in [0.4, 0.5) is 5.69 Å². The third kappa shape index (κ3) is 3.62. The maximum atomic E-state index is 12.2. The first-order valence-corrected chi connectivity index (χ1v) is 9.95. The van der Waals surface area contributed by atoms with E-state index in [2.05, 4.69) is 12.1 Å². The van der Waals surface area contributed by atoms with Crippen LogP contribution in [0.2, 0.25) is 0 Å². The Morgan fingerprint density at radius 1 is 0.960 bits per heavy atom. The van der Waals surface area contributed by atoms with Gasteiger partial charge in [0.1, 0.15) is 0 Å². The molecular weight excluding hydrogens is 332 g/mol. The zero-order valence-corrected chi connectivity index (χ0v) is 15.5.